The normalized spacial score (nSPS) is 19.8. The number of aromatic nitrogens is 1. The molecule has 0 amide bonds. The zero-order chi connectivity index (χ0) is 15.3. The molecule has 0 bridgehead atoms. The third-order valence-corrected chi connectivity index (χ3v) is 3.95. The van der Waals surface area contributed by atoms with E-state index in [4.69, 9.17) is 4.74 Å². The lowest BCUT2D eigenvalue weighted by Crippen LogP contribution is -2.39. The smallest absolute Gasteiger partial charge is 0.0507 e. The molecule has 118 valence electrons. The van der Waals surface area contributed by atoms with E-state index in [0.29, 0.717) is 5.92 Å². The Morgan fingerprint density at radius 1 is 1.43 bits per heavy atom. The van der Waals surface area contributed by atoms with E-state index in [0.717, 1.165) is 26.2 Å². The van der Waals surface area contributed by atoms with Gasteiger partial charge in [0.1, 0.15) is 0 Å². The van der Waals surface area contributed by atoms with E-state index >= 15 is 0 Å². The number of rotatable bonds is 5. The summed E-state index contributed by atoms with van der Waals surface area (Å²) in [5, 5.41) is 3.56. The van der Waals surface area contributed by atoms with Crippen molar-refractivity contribution in [1.82, 2.24) is 10.3 Å². The summed E-state index contributed by atoms with van der Waals surface area (Å²) >= 11 is 0. The molecule has 1 aromatic heterocycles. The molecule has 1 aliphatic heterocycles. The molecule has 0 radical (unpaired) electrons. The van der Waals surface area contributed by atoms with Crippen molar-refractivity contribution in [2.75, 3.05) is 31.7 Å². The molecule has 2 rings (SSSR count). The monoisotopic (exact) mass is 291 g/mol. The van der Waals surface area contributed by atoms with Gasteiger partial charge in [0.25, 0.3) is 0 Å². The van der Waals surface area contributed by atoms with Gasteiger partial charge in [-0.1, -0.05) is 0 Å². The number of hydrogen-bond donors (Lipinski definition) is 1. The largest absolute Gasteiger partial charge is 0.384 e. The van der Waals surface area contributed by atoms with Gasteiger partial charge in [-0.3, -0.25) is 4.98 Å². The molecule has 1 N–H and O–H groups in total. The number of nitrogens with one attached hydrogen (secondary N) is 1. The topological polar surface area (TPSA) is 37.4 Å². The number of nitrogens with zero attached hydrogens (tertiary/aromatic N) is 2. The van der Waals surface area contributed by atoms with Crippen LogP contribution in [0.2, 0.25) is 0 Å². The Kier molecular flexibility index (Phi) is 5.59. The maximum atomic E-state index is 5.34. The third kappa shape index (κ3) is 4.97. The van der Waals surface area contributed by atoms with Crippen LogP contribution in [0.25, 0.3) is 0 Å². The summed E-state index contributed by atoms with van der Waals surface area (Å²) in [5.41, 5.74) is 2.72. The fraction of sp³-hybridized carbons (Fsp3) is 0.706. The summed E-state index contributed by atoms with van der Waals surface area (Å²) in [4.78, 5) is 6.80. The Labute approximate surface area is 128 Å². The summed E-state index contributed by atoms with van der Waals surface area (Å²) in [6.45, 7) is 10.5. The minimum Gasteiger partial charge on any atom is -0.384 e. The van der Waals surface area contributed by atoms with Crippen molar-refractivity contribution in [2.24, 2.45) is 5.92 Å². The van der Waals surface area contributed by atoms with Gasteiger partial charge in [-0.15, -0.1) is 0 Å². The van der Waals surface area contributed by atoms with Crippen LogP contribution in [0.4, 0.5) is 5.69 Å². The molecule has 1 aliphatic rings. The second-order valence-electron chi connectivity index (χ2n) is 7.02. The quantitative estimate of drug-likeness (QED) is 0.905. The van der Waals surface area contributed by atoms with Gasteiger partial charge in [0, 0.05) is 55.9 Å². The first kappa shape index (κ1) is 16.2. The van der Waals surface area contributed by atoms with E-state index < -0.39 is 0 Å². The first-order chi connectivity index (χ1) is 9.99. The number of anilines is 1. The Bertz CT molecular complexity index is 440. The Balaban J connectivity index is 2.08. The second-order valence-corrected chi connectivity index (χ2v) is 7.02. The molecule has 0 saturated carbocycles. The molecule has 4 heteroatoms. The summed E-state index contributed by atoms with van der Waals surface area (Å²) in [6.07, 6.45) is 6.40. The number of piperidine rings is 1. The molecule has 4 nitrogen and oxygen atoms in total. The van der Waals surface area contributed by atoms with Crippen LogP contribution in [-0.4, -0.2) is 37.3 Å². The van der Waals surface area contributed by atoms with E-state index in [1.165, 1.54) is 24.1 Å². The SMILES string of the molecule is COCC1CCCN(c2ccncc2CNC(C)(C)C)C1. The Morgan fingerprint density at radius 2 is 2.24 bits per heavy atom. The van der Waals surface area contributed by atoms with Crippen molar-refractivity contribution in [2.45, 2.75) is 45.7 Å². The molecule has 1 unspecified atom stereocenters. The van der Waals surface area contributed by atoms with Gasteiger partial charge in [-0.2, -0.15) is 0 Å². The number of pyridine rings is 1. The standard InChI is InChI=1S/C17H29N3O/c1-17(2,3)19-11-15-10-18-8-7-16(15)20-9-5-6-14(12-20)13-21-4/h7-8,10,14,19H,5-6,9,11-13H2,1-4H3. The van der Waals surface area contributed by atoms with Gasteiger partial charge in [-0.25, -0.2) is 0 Å². The van der Waals surface area contributed by atoms with Gasteiger partial charge < -0.3 is 15.0 Å². The lowest BCUT2D eigenvalue weighted by Gasteiger charge is -2.35. The van der Waals surface area contributed by atoms with Gasteiger partial charge in [-0.05, 0) is 45.6 Å². The fourth-order valence-electron chi connectivity index (χ4n) is 2.88. The number of hydrogen-bond acceptors (Lipinski definition) is 4. The predicted octanol–water partition coefficient (Wildman–Crippen LogP) is 2.83. The van der Waals surface area contributed by atoms with Gasteiger partial charge in [0.15, 0.2) is 0 Å². The lowest BCUT2D eigenvalue weighted by molar-refractivity contribution is 0.143. The molecule has 0 aliphatic carbocycles. The number of methoxy groups -OCH3 is 1. The van der Waals surface area contributed by atoms with E-state index in [1.54, 1.807) is 7.11 Å². The summed E-state index contributed by atoms with van der Waals surface area (Å²) < 4.78 is 5.34. The van der Waals surface area contributed by atoms with Gasteiger partial charge >= 0.3 is 0 Å². The Hall–Kier alpha value is -1.13. The van der Waals surface area contributed by atoms with Crippen LogP contribution in [0.15, 0.2) is 18.5 Å². The zero-order valence-corrected chi connectivity index (χ0v) is 13.9. The molecule has 1 saturated heterocycles. The maximum absolute atomic E-state index is 5.34. The molecule has 1 aromatic rings. The van der Waals surface area contributed by atoms with E-state index in [-0.39, 0.29) is 5.54 Å². The molecule has 1 fully saturated rings. The van der Waals surface area contributed by atoms with E-state index in [2.05, 4.69) is 42.0 Å². The molecule has 1 atom stereocenters. The van der Waals surface area contributed by atoms with Crippen LogP contribution >= 0.6 is 0 Å². The second kappa shape index (κ2) is 7.23. The van der Waals surface area contributed by atoms with Crippen LogP contribution < -0.4 is 10.2 Å². The predicted molar refractivity (Wildman–Crippen MR) is 87.6 cm³/mol. The lowest BCUT2D eigenvalue weighted by atomic mass is 9.98. The van der Waals surface area contributed by atoms with Crippen LogP contribution in [-0.2, 0) is 11.3 Å². The molecule has 0 aromatic carbocycles. The number of ether oxygens (including phenoxy) is 1. The Morgan fingerprint density at radius 3 is 2.95 bits per heavy atom. The first-order valence-electron chi connectivity index (χ1n) is 7.91. The van der Waals surface area contributed by atoms with Crippen molar-refractivity contribution in [3.8, 4) is 0 Å². The fourth-order valence-corrected chi connectivity index (χ4v) is 2.88. The molecule has 21 heavy (non-hydrogen) atoms. The summed E-state index contributed by atoms with van der Waals surface area (Å²) in [6, 6.07) is 2.15. The first-order valence-corrected chi connectivity index (χ1v) is 7.91. The van der Waals surface area contributed by atoms with Crippen molar-refractivity contribution in [3.63, 3.8) is 0 Å². The highest BCUT2D eigenvalue weighted by Gasteiger charge is 2.22. The van der Waals surface area contributed by atoms with Gasteiger partial charge in [0.2, 0.25) is 0 Å². The third-order valence-electron chi connectivity index (χ3n) is 3.95. The van der Waals surface area contributed by atoms with Crippen molar-refractivity contribution in [1.29, 1.82) is 0 Å². The van der Waals surface area contributed by atoms with Crippen molar-refractivity contribution in [3.05, 3.63) is 24.0 Å². The zero-order valence-electron chi connectivity index (χ0n) is 13.9. The van der Waals surface area contributed by atoms with Crippen LogP contribution in [0.1, 0.15) is 39.2 Å². The molecular weight excluding hydrogens is 262 g/mol. The summed E-state index contributed by atoms with van der Waals surface area (Å²) in [7, 11) is 1.80. The maximum Gasteiger partial charge on any atom is 0.0507 e. The molecular formula is C17H29N3O. The highest BCUT2D eigenvalue weighted by atomic mass is 16.5. The highest BCUT2D eigenvalue weighted by molar-refractivity contribution is 5.52. The molecule has 0 spiro atoms. The molecule has 2 heterocycles. The van der Waals surface area contributed by atoms with Crippen LogP contribution in [0.5, 0.6) is 0 Å². The van der Waals surface area contributed by atoms with Crippen molar-refractivity contribution < 1.29 is 4.74 Å². The van der Waals surface area contributed by atoms with E-state index in [9.17, 15) is 0 Å². The highest BCUT2D eigenvalue weighted by Crippen LogP contribution is 2.26. The average molecular weight is 291 g/mol. The van der Waals surface area contributed by atoms with Crippen LogP contribution in [0, 0.1) is 5.92 Å². The van der Waals surface area contributed by atoms with Gasteiger partial charge in [0.05, 0.1) is 6.61 Å². The minimum atomic E-state index is 0.119. The summed E-state index contributed by atoms with van der Waals surface area (Å²) in [5.74, 6) is 0.639. The average Bonchev–Trinajstić information content (AvgIpc) is 2.45. The van der Waals surface area contributed by atoms with Crippen molar-refractivity contribution >= 4 is 5.69 Å². The minimum absolute atomic E-state index is 0.119. The van der Waals surface area contributed by atoms with E-state index in [1.807, 2.05) is 12.4 Å². The van der Waals surface area contributed by atoms with Crippen LogP contribution in [0.3, 0.4) is 0 Å².